The molecule has 106 valence electrons. The molecule has 4 heteroatoms. The minimum Gasteiger partial charge on any atom is -0.316 e. The lowest BCUT2D eigenvalue weighted by Crippen LogP contribution is -2.30. The number of nitrogens with one attached hydrogen (secondary N) is 1. The molecule has 1 N–H and O–H groups in total. The third kappa shape index (κ3) is 3.64. The van der Waals surface area contributed by atoms with E-state index in [1.807, 2.05) is 31.3 Å². The van der Waals surface area contributed by atoms with Gasteiger partial charge in [-0.3, -0.25) is 0 Å². The van der Waals surface area contributed by atoms with Gasteiger partial charge in [0.15, 0.2) is 11.6 Å². The number of benzene rings is 2. The van der Waals surface area contributed by atoms with Crippen LogP contribution < -0.4 is 5.32 Å². The highest BCUT2D eigenvalue weighted by Crippen LogP contribution is 2.20. The first-order valence-corrected chi connectivity index (χ1v) is 7.24. The van der Waals surface area contributed by atoms with Crippen LogP contribution in [-0.4, -0.2) is 13.1 Å². The van der Waals surface area contributed by atoms with Gasteiger partial charge in [-0.05, 0) is 43.1 Å². The first kappa shape index (κ1) is 15.1. The summed E-state index contributed by atoms with van der Waals surface area (Å²) in [6, 6.07) is 12.3. The molecule has 1 unspecified atom stereocenters. The smallest absolute Gasteiger partial charge is 0.162 e. The summed E-state index contributed by atoms with van der Waals surface area (Å²) in [5, 5.41) is 3.16. The Balaban J connectivity index is 2.14. The summed E-state index contributed by atoms with van der Waals surface area (Å²) in [5.41, 5.74) is 1.54. The van der Waals surface area contributed by atoms with Crippen LogP contribution in [0.15, 0.2) is 46.9 Å². The largest absolute Gasteiger partial charge is 0.316 e. The van der Waals surface area contributed by atoms with Crippen LogP contribution in [0.1, 0.15) is 11.1 Å². The Bertz CT molecular complexity index is 586. The molecule has 0 aromatic heterocycles. The number of rotatable bonds is 5. The van der Waals surface area contributed by atoms with E-state index in [0.29, 0.717) is 12.0 Å². The molecule has 0 heterocycles. The maximum absolute atomic E-state index is 13.7. The Morgan fingerprint density at radius 3 is 2.35 bits per heavy atom. The average Bonchev–Trinajstić information content (AvgIpc) is 2.45. The van der Waals surface area contributed by atoms with Gasteiger partial charge in [0.2, 0.25) is 0 Å². The van der Waals surface area contributed by atoms with Gasteiger partial charge in [0.25, 0.3) is 0 Å². The molecule has 0 radical (unpaired) electrons. The van der Waals surface area contributed by atoms with Crippen LogP contribution in [0.4, 0.5) is 8.78 Å². The van der Waals surface area contributed by atoms with E-state index in [1.165, 1.54) is 0 Å². The number of hydrogen-bond donors (Lipinski definition) is 1. The van der Waals surface area contributed by atoms with Crippen LogP contribution in [0.2, 0.25) is 0 Å². The van der Waals surface area contributed by atoms with Gasteiger partial charge >= 0.3 is 0 Å². The average molecular weight is 340 g/mol. The van der Waals surface area contributed by atoms with Crippen molar-refractivity contribution >= 4 is 15.9 Å². The van der Waals surface area contributed by atoms with Crippen molar-refractivity contribution in [3.63, 3.8) is 0 Å². The fourth-order valence-electron chi connectivity index (χ4n) is 2.18. The van der Waals surface area contributed by atoms with Crippen molar-refractivity contribution in [2.24, 2.45) is 0 Å². The normalized spacial score (nSPS) is 12.4. The van der Waals surface area contributed by atoms with Gasteiger partial charge < -0.3 is 5.32 Å². The fourth-order valence-corrected chi connectivity index (χ4v) is 2.62. The topological polar surface area (TPSA) is 12.0 Å². The van der Waals surface area contributed by atoms with Crippen molar-refractivity contribution in [1.82, 2.24) is 5.32 Å². The van der Waals surface area contributed by atoms with E-state index in [-0.39, 0.29) is 6.04 Å². The highest BCUT2D eigenvalue weighted by atomic mass is 79.9. The third-order valence-electron chi connectivity index (χ3n) is 3.33. The molecule has 1 nitrogen and oxygen atoms in total. The van der Waals surface area contributed by atoms with Crippen LogP contribution in [0.25, 0.3) is 0 Å². The molecule has 20 heavy (non-hydrogen) atoms. The summed E-state index contributed by atoms with van der Waals surface area (Å²) in [6.07, 6.45) is 1.19. The standard InChI is InChI=1S/C16H16BrF2N/c1-20-13(9-11-5-2-3-7-14(11)17)10-12-6-4-8-15(18)16(12)19/h2-8,13,20H,9-10H2,1H3. The van der Waals surface area contributed by atoms with Gasteiger partial charge in [0.1, 0.15) is 0 Å². The number of likely N-dealkylation sites (N-methyl/N-ethyl adjacent to an activating group) is 1. The molecule has 0 aliphatic rings. The second-order valence-corrected chi connectivity index (χ2v) is 5.55. The molecule has 0 aliphatic carbocycles. The Morgan fingerprint density at radius 1 is 1.00 bits per heavy atom. The predicted molar refractivity (Wildman–Crippen MR) is 80.8 cm³/mol. The lowest BCUT2D eigenvalue weighted by Gasteiger charge is -2.17. The van der Waals surface area contributed by atoms with E-state index in [0.717, 1.165) is 22.5 Å². The molecule has 1 atom stereocenters. The molecule has 2 rings (SSSR count). The van der Waals surface area contributed by atoms with Crippen molar-refractivity contribution in [3.8, 4) is 0 Å². The zero-order valence-corrected chi connectivity index (χ0v) is 12.8. The lowest BCUT2D eigenvalue weighted by atomic mass is 9.98. The molecule has 0 saturated carbocycles. The first-order chi connectivity index (χ1) is 9.61. The van der Waals surface area contributed by atoms with E-state index in [4.69, 9.17) is 0 Å². The minimum absolute atomic E-state index is 0.0463. The summed E-state index contributed by atoms with van der Waals surface area (Å²) in [7, 11) is 1.83. The molecular formula is C16H16BrF2N. The Morgan fingerprint density at radius 2 is 1.65 bits per heavy atom. The summed E-state index contributed by atoms with van der Waals surface area (Å²) >= 11 is 3.50. The summed E-state index contributed by atoms with van der Waals surface area (Å²) in [6.45, 7) is 0. The van der Waals surface area contributed by atoms with Crippen molar-refractivity contribution in [2.75, 3.05) is 7.05 Å². The zero-order valence-electron chi connectivity index (χ0n) is 11.2. The molecule has 0 fully saturated rings. The Labute approximate surface area is 126 Å². The second-order valence-electron chi connectivity index (χ2n) is 4.70. The van der Waals surface area contributed by atoms with Crippen molar-refractivity contribution in [3.05, 3.63) is 69.7 Å². The van der Waals surface area contributed by atoms with E-state index in [2.05, 4.69) is 21.2 Å². The van der Waals surface area contributed by atoms with E-state index in [1.54, 1.807) is 12.1 Å². The van der Waals surface area contributed by atoms with Crippen LogP contribution >= 0.6 is 15.9 Å². The summed E-state index contributed by atoms with van der Waals surface area (Å²) < 4.78 is 28.0. The molecule has 0 bridgehead atoms. The highest BCUT2D eigenvalue weighted by molar-refractivity contribution is 9.10. The first-order valence-electron chi connectivity index (χ1n) is 6.45. The van der Waals surface area contributed by atoms with Gasteiger partial charge in [-0.1, -0.05) is 46.3 Å². The van der Waals surface area contributed by atoms with Crippen LogP contribution in [0, 0.1) is 11.6 Å². The zero-order chi connectivity index (χ0) is 14.5. The highest BCUT2D eigenvalue weighted by Gasteiger charge is 2.14. The maximum Gasteiger partial charge on any atom is 0.162 e. The Hall–Kier alpha value is -1.26. The fraction of sp³-hybridized carbons (Fsp3) is 0.250. The van der Waals surface area contributed by atoms with E-state index >= 15 is 0 Å². The van der Waals surface area contributed by atoms with E-state index < -0.39 is 11.6 Å². The number of halogens is 3. The van der Waals surface area contributed by atoms with Gasteiger partial charge in [0.05, 0.1) is 0 Å². The molecule has 0 saturated heterocycles. The molecule has 0 amide bonds. The van der Waals surface area contributed by atoms with Crippen molar-refractivity contribution in [1.29, 1.82) is 0 Å². The van der Waals surface area contributed by atoms with Gasteiger partial charge in [0, 0.05) is 10.5 Å². The molecular weight excluding hydrogens is 324 g/mol. The van der Waals surface area contributed by atoms with Crippen molar-refractivity contribution < 1.29 is 8.78 Å². The summed E-state index contributed by atoms with van der Waals surface area (Å²) in [4.78, 5) is 0. The lowest BCUT2D eigenvalue weighted by molar-refractivity contribution is 0.482. The monoisotopic (exact) mass is 339 g/mol. The SMILES string of the molecule is CNC(Cc1ccccc1Br)Cc1cccc(F)c1F. The van der Waals surface area contributed by atoms with Crippen LogP contribution in [0.3, 0.4) is 0 Å². The Kier molecular flexibility index (Phi) is 5.26. The predicted octanol–water partition coefficient (Wildman–Crippen LogP) is 4.10. The molecule has 2 aromatic carbocycles. The van der Waals surface area contributed by atoms with Crippen LogP contribution in [-0.2, 0) is 12.8 Å². The second kappa shape index (κ2) is 6.95. The van der Waals surface area contributed by atoms with Crippen LogP contribution in [0.5, 0.6) is 0 Å². The summed E-state index contributed by atoms with van der Waals surface area (Å²) in [5.74, 6) is -1.54. The molecule has 0 spiro atoms. The maximum atomic E-state index is 13.7. The van der Waals surface area contributed by atoms with Gasteiger partial charge in [-0.25, -0.2) is 8.78 Å². The molecule has 2 aromatic rings. The quantitative estimate of drug-likeness (QED) is 0.864. The molecule has 0 aliphatic heterocycles. The number of hydrogen-bond acceptors (Lipinski definition) is 1. The van der Waals surface area contributed by atoms with Crippen molar-refractivity contribution in [2.45, 2.75) is 18.9 Å². The van der Waals surface area contributed by atoms with Gasteiger partial charge in [-0.2, -0.15) is 0 Å². The van der Waals surface area contributed by atoms with Gasteiger partial charge in [-0.15, -0.1) is 0 Å². The minimum atomic E-state index is -0.793. The van der Waals surface area contributed by atoms with E-state index in [9.17, 15) is 8.78 Å². The third-order valence-corrected chi connectivity index (χ3v) is 4.10.